The van der Waals surface area contributed by atoms with E-state index in [1.54, 1.807) is 0 Å². The number of benzene rings is 11. The predicted molar refractivity (Wildman–Crippen MR) is 275 cm³/mol. The van der Waals surface area contributed by atoms with Crippen molar-refractivity contribution in [1.29, 1.82) is 0 Å². The van der Waals surface area contributed by atoms with Gasteiger partial charge in [0.15, 0.2) is 0 Å². The van der Waals surface area contributed by atoms with Crippen molar-refractivity contribution in [2.75, 3.05) is 9.80 Å². The van der Waals surface area contributed by atoms with Crippen LogP contribution in [0.5, 0.6) is 0 Å². The Morgan fingerprint density at radius 3 is 1.47 bits per heavy atom. The molecule has 1 heterocycles. The standard InChI is InChI=1S/C63H42N2O/c1-5-19-45(20-6-1)63(46-21-7-2-8-22-46)59-40-51(34-36-54(59)58-38-44-33-32-43-18-13-14-29-53(43)57(44)42-60(58)63)65(52-35-37-56-55-30-15-16-31-61(55)66-62(56)41-52)50-28-17-27-49(39-50)64(47-23-9-3-10-24-47)48-25-11-4-12-26-48/h1-42H. The zero-order valence-electron chi connectivity index (χ0n) is 36.1. The van der Waals surface area contributed by atoms with E-state index >= 15 is 0 Å². The first kappa shape index (κ1) is 37.9. The number of para-hydroxylation sites is 3. The molecule has 1 aliphatic carbocycles. The summed E-state index contributed by atoms with van der Waals surface area (Å²) in [6, 6.07) is 92.7. The fourth-order valence-electron chi connectivity index (χ4n) is 10.8. The average Bonchev–Trinajstić information content (AvgIpc) is 3.90. The summed E-state index contributed by atoms with van der Waals surface area (Å²) in [6.07, 6.45) is 0. The summed E-state index contributed by atoms with van der Waals surface area (Å²) in [6.45, 7) is 0. The number of hydrogen-bond donors (Lipinski definition) is 0. The van der Waals surface area contributed by atoms with Gasteiger partial charge < -0.3 is 14.2 Å². The van der Waals surface area contributed by atoms with Gasteiger partial charge in [-0.3, -0.25) is 0 Å². The maximum Gasteiger partial charge on any atom is 0.137 e. The van der Waals surface area contributed by atoms with Gasteiger partial charge in [-0.25, -0.2) is 0 Å². The summed E-state index contributed by atoms with van der Waals surface area (Å²) in [7, 11) is 0. The monoisotopic (exact) mass is 842 g/mol. The molecule has 3 nitrogen and oxygen atoms in total. The number of nitrogens with zero attached hydrogens (tertiary/aromatic N) is 2. The summed E-state index contributed by atoms with van der Waals surface area (Å²) < 4.78 is 6.59. The third-order valence-electron chi connectivity index (χ3n) is 13.7. The second kappa shape index (κ2) is 15.3. The first-order valence-corrected chi connectivity index (χ1v) is 22.7. The second-order valence-corrected chi connectivity index (χ2v) is 17.3. The van der Waals surface area contributed by atoms with Crippen LogP contribution < -0.4 is 9.80 Å². The minimum absolute atomic E-state index is 0.623. The van der Waals surface area contributed by atoms with Crippen LogP contribution in [-0.2, 0) is 5.41 Å². The Bertz CT molecular complexity index is 3690. The maximum atomic E-state index is 6.59. The molecule has 0 saturated carbocycles. The van der Waals surface area contributed by atoms with Crippen LogP contribution in [-0.4, -0.2) is 0 Å². The SMILES string of the molecule is c1ccc(N(c2ccccc2)c2cccc(N(c3ccc4c(c3)C(c3ccccc3)(c3ccccc3)c3cc5c(ccc6ccccc65)cc3-4)c3ccc4c(c3)oc3ccccc34)c2)cc1. The highest BCUT2D eigenvalue weighted by molar-refractivity contribution is 6.10. The minimum Gasteiger partial charge on any atom is -0.456 e. The minimum atomic E-state index is -0.623. The Morgan fingerprint density at radius 1 is 0.273 bits per heavy atom. The molecule has 0 aliphatic heterocycles. The van der Waals surface area contributed by atoms with Crippen molar-refractivity contribution in [1.82, 2.24) is 0 Å². The van der Waals surface area contributed by atoms with E-state index in [0.717, 1.165) is 56.1 Å². The van der Waals surface area contributed by atoms with E-state index < -0.39 is 5.41 Å². The van der Waals surface area contributed by atoms with Crippen molar-refractivity contribution in [3.05, 3.63) is 277 Å². The lowest BCUT2D eigenvalue weighted by atomic mass is 9.67. The third kappa shape index (κ3) is 5.91. The molecule has 66 heavy (non-hydrogen) atoms. The molecular formula is C63H42N2O. The Balaban J connectivity index is 1.08. The topological polar surface area (TPSA) is 19.6 Å². The Hall–Kier alpha value is -8.66. The zero-order chi connectivity index (χ0) is 43.6. The van der Waals surface area contributed by atoms with Crippen LogP contribution in [0.25, 0.3) is 54.6 Å². The number of rotatable bonds is 8. The lowest BCUT2D eigenvalue weighted by Crippen LogP contribution is -2.28. The molecule has 0 saturated heterocycles. The number of furan rings is 1. The molecular weight excluding hydrogens is 801 g/mol. The summed E-state index contributed by atoms with van der Waals surface area (Å²) in [5.41, 5.74) is 14.9. The van der Waals surface area contributed by atoms with Crippen LogP contribution in [0, 0.1) is 0 Å². The quantitative estimate of drug-likeness (QED) is 0.142. The van der Waals surface area contributed by atoms with Gasteiger partial charge in [0.2, 0.25) is 0 Å². The fourth-order valence-corrected chi connectivity index (χ4v) is 10.8. The van der Waals surface area contributed by atoms with Gasteiger partial charge in [0.1, 0.15) is 11.2 Å². The lowest BCUT2D eigenvalue weighted by Gasteiger charge is -2.35. The maximum absolute atomic E-state index is 6.59. The molecule has 0 radical (unpaired) electrons. The van der Waals surface area contributed by atoms with Gasteiger partial charge in [0.25, 0.3) is 0 Å². The Kier molecular flexibility index (Phi) is 8.75. The molecule has 0 unspecified atom stereocenters. The lowest BCUT2D eigenvalue weighted by molar-refractivity contribution is 0.669. The summed E-state index contributed by atoms with van der Waals surface area (Å²) in [4.78, 5) is 4.73. The average molecular weight is 843 g/mol. The smallest absolute Gasteiger partial charge is 0.137 e. The molecule has 13 rings (SSSR count). The predicted octanol–water partition coefficient (Wildman–Crippen LogP) is 17.2. The highest BCUT2D eigenvalue weighted by Gasteiger charge is 2.46. The molecule has 310 valence electrons. The molecule has 0 fully saturated rings. The van der Waals surface area contributed by atoms with Gasteiger partial charge in [-0.15, -0.1) is 0 Å². The highest BCUT2D eigenvalue weighted by Crippen LogP contribution is 2.58. The number of fused-ring (bicyclic) bond motifs is 9. The Labute approximate surface area is 383 Å². The van der Waals surface area contributed by atoms with E-state index in [9.17, 15) is 0 Å². The molecule has 11 aromatic carbocycles. The van der Waals surface area contributed by atoms with E-state index in [-0.39, 0.29) is 0 Å². The van der Waals surface area contributed by atoms with Crippen molar-refractivity contribution in [3.63, 3.8) is 0 Å². The second-order valence-electron chi connectivity index (χ2n) is 17.3. The molecule has 1 aromatic heterocycles. The van der Waals surface area contributed by atoms with Crippen LogP contribution in [0.15, 0.2) is 259 Å². The van der Waals surface area contributed by atoms with Gasteiger partial charge >= 0.3 is 0 Å². The molecule has 0 spiro atoms. The number of anilines is 6. The molecule has 12 aromatic rings. The first-order valence-electron chi connectivity index (χ1n) is 22.7. The number of hydrogen-bond acceptors (Lipinski definition) is 3. The van der Waals surface area contributed by atoms with Crippen LogP contribution in [0.4, 0.5) is 34.1 Å². The largest absolute Gasteiger partial charge is 0.456 e. The molecule has 0 N–H and O–H groups in total. The van der Waals surface area contributed by atoms with E-state index in [1.807, 2.05) is 6.07 Å². The van der Waals surface area contributed by atoms with Crippen LogP contribution >= 0.6 is 0 Å². The zero-order valence-corrected chi connectivity index (χ0v) is 36.1. The van der Waals surface area contributed by atoms with Crippen LogP contribution in [0.1, 0.15) is 22.3 Å². The summed E-state index contributed by atoms with van der Waals surface area (Å²) in [5.74, 6) is 0. The van der Waals surface area contributed by atoms with E-state index in [0.29, 0.717) is 0 Å². The molecule has 0 amide bonds. The van der Waals surface area contributed by atoms with Crippen molar-refractivity contribution >= 4 is 77.6 Å². The van der Waals surface area contributed by atoms with Crippen LogP contribution in [0.2, 0.25) is 0 Å². The van der Waals surface area contributed by atoms with Crippen molar-refractivity contribution in [2.45, 2.75) is 5.41 Å². The van der Waals surface area contributed by atoms with Gasteiger partial charge in [-0.1, -0.05) is 164 Å². The Morgan fingerprint density at radius 2 is 0.773 bits per heavy atom. The van der Waals surface area contributed by atoms with E-state index in [2.05, 4.69) is 259 Å². The fraction of sp³-hybridized carbons (Fsp3) is 0.0159. The third-order valence-corrected chi connectivity index (χ3v) is 13.7. The van der Waals surface area contributed by atoms with Gasteiger partial charge in [-0.05, 0) is 140 Å². The molecule has 0 bridgehead atoms. The van der Waals surface area contributed by atoms with Gasteiger partial charge in [0, 0.05) is 51.0 Å². The summed E-state index contributed by atoms with van der Waals surface area (Å²) >= 11 is 0. The van der Waals surface area contributed by atoms with Gasteiger partial charge in [-0.2, -0.15) is 0 Å². The normalized spacial score (nSPS) is 12.7. The van der Waals surface area contributed by atoms with Crippen molar-refractivity contribution in [2.24, 2.45) is 0 Å². The van der Waals surface area contributed by atoms with Crippen molar-refractivity contribution in [3.8, 4) is 11.1 Å². The molecule has 1 aliphatic rings. The van der Waals surface area contributed by atoms with E-state index in [4.69, 9.17) is 4.42 Å². The van der Waals surface area contributed by atoms with E-state index in [1.165, 1.54) is 54.9 Å². The van der Waals surface area contributed by atoms with Crippen LogP contribution in [0.3, 0.4) is 0 Å². The highest BCUT2D eigenvalue weighted by atomic mass is 16.3. The first-order chi connectivity index (χ1) is 32.7. The summed E-state index contributed by atoms with van der Waals surface area (Å²) in [5, 5.41) is 7.20. The molecule has 0 atom stereocenters. The molecule has 3 heteroatoms. The van der Waals surface area contributed by atoms with Crippen molar-refractivity contribution < 1.29 is 4.42 Å². The van der Waals surface area contributed by atoms with Gasteiger partial charge in [0.05, 0.1) is 5.41 Å².